The van der Waals surface area contributed by atoms with Crippen molar-refractivity contribution in [1.29, 1.82) is 0 Å². The van der Waals surface area contributed by atoms with Crippen LogP contribution in [0.4, 0.5) is 17.5 Å². The van der Waals surface area contributed by atoms with Gasteiger partial charge in [-0.2, -0.15) is 0 Å². The molecule has 0 aliphatic carbocycles. The van der Waals surface area contributed by atoms with E-state index in [1.807, 2.05) is 6.07 Å². The van der Waals surface area contributed by atoms with Gasteiger partial charge in [-0.15, -0.1) is 0 Å². The predicted molar refractivity (Wildman–Crippen MR) is 92.6 cm³/mol. The fraction of sp³-hybridized carbons (Fsp3) is 0.500. The minimum atomic E-state index is -0.217. The molecular formula is C16H22N6O3. The largest absolute Gasteiger partial charge is 0.394 e. The van der Waals surface area contributed by atoms with Crippen LogP contribution in [0, 0.1) is 6.92 Å². The zero-order chi connectivity index (χ0) is 17.8. The molecule has 3 rings (SSSR count). The number of carbonyl (C=O) groups is 1. The Morgan fingerprint density at radius 2 is 2.32 bits per heavy atom. The topological polar surface area (TPSA) is 108 Å². The van der Waals surface area contributed by atoms with Gasteiger partial charge in [-0.25, -0.2) is 9.97 Å². The van der Waals surface area contributed by atoms with E-state index in [1.165, 1.54) is 6.33 Å². The summed E-state index contributed by atoms with van der Waals surface area (Å²) in [6, 6.07) is 3.58. The number of likely N-dealkylation sites (N-methyl/N-ethyl adjacent to an activating group) is 1. The smallest absolute Gasteiger partial charge is 0.245 e. The first-order valence-electron chi connectivity index (χ1n) is 8.20. The van der Waals surface area contributed by atoms with Crippen LogP contribution in [-0.4, -0.2) is 58.9 Å². The monoisotopic (exact) mass is 346 g/mol. The van der Waals surface area contributed by atoms with Gasteiger partial charge in [0.2, 0.25) is 5.91 Å². The number of amides is 1. The molecular weight excluding hydrogens is 324 g/mol. The average molecular weight is 346 g/mol. The summed E-state index contributed by atoms with van der Waals surface area (Å²) >= 11 is 0. The van der Waals surface area contributed by atoms with E-state index in [0.717, 1.165) is 25.2 Å². The number of hydrogen-bond donors (Lipinski definition) is 2. The molecule has 134 valence electrons. The van der Waals surface area contributed by atoms with Crippen molar-refractivity contribution < 1.29 is 14.4 Å². The quantitative estimate of drug-likeness (QED) is 0.791. The Hall–Kier alpha value is -2.68. The molecule has 0 radical (unpaired) electrons. The number of hydrogen-bond acceptors (Lipinski definition) is 8. The van der Waals surface area contributed by atoms with Crippen molar-refractivity contribution in [2.45, 2.75) is 25.8 Å². The molecule has 1 atom stereocenters. The van der Waals surface area contributed by atoms with Crippen LogP contribution in [0.5, 0.6) is 0 Å². The highest BCUT2D eigenvalue weighted by atomic mass is 16.5. The van der Waals surface area contributed by atoms with Crippen LogP contribution < -0.4 is 15.1 Å². The Bertz CT molecular complexity index is 734. The van der Waals surface area contributed by atoms with Crippen LogP contribution in [0.1, 0.15) is 18.6 Å². The molecule has 1 aliphatic rings. The summed E-state index contributed by atoms with van der Waals surface area (Å²) in [4.78, 5) is 24.5. The van der Waals surface area contributed by atoms with E-state index in [2.05, 4.69) is 25.3 Å². The highest BCUT2D eigenvalue weighted by Gasteiger charge is 2.25. The van der Waals surface area contributed by atoms with Crippen molar-refractivity contribution >= 4 is 23.4 Å². The molecule has 1 aliphatic heterocycles. The lowest BCUT2D eigenvalue weighted by molar-refractivity contribution is -0.115. The number of nitrogens with one attached hydrogen (secondary N) is 1. The molecule has 0 bridgehead atoms. The fourth-order valence-corrected chi connectivity index (χ4v) is 2.93. The first-order chi connectivity index (χ1) is 12.1. The minimum Gasteiger partial charge on any atom is -0.394 e. The number of aliphatic hydroxyl groups is 1. The summed E-state index contributed by atoms with van der Waals surface area (Å²) in [6.07, 6.45) is 3.46. The second-order valence-electron chi connectivity index (χ2n) is 6.13. The number of aliphatic hydroxyl groups excluding tert-OH is 1. The lowest BCUT2D eigenvalue weighted by Gasteiger charge is -2.25. The van der Waals surface area contributed by atoms with Gasteiger partial charge in [-0.3, -0.25) is 4.79 Å². The van der Waals surface area contributed by atoms with Crippen molar-refractivity contribution in [3.63, 3.8) is 0 Å². The van der Waals surface area contributed by atoms with Crippen molar-refractivity contribution in [2.24, 2.45) is 0 Å². The normalized spacial score (nSPS) is 16.9. The van der Waals surface area contributed by atoms with Gasteiger partial charge in [0, 0.05) is 25.7 Å². The first kappa shape index (κ1) is 17.2. The molecule has 1 amide bonds. The number of aromatic nitrogens is 3. The molecule has 9 nitrogen and oxygen atoms in total. The van der Waals surface area contributed by atoms with E-state index >= 15 is 0 Å². The number of anilines is 3. The maximum Gasteiger partial charge on any atom is 0.245 e. The first-order valence-corrected chi connectivity index (χ1v) is 8.20. The number of carbonyl (C=O) groups excluding carboxylic acids is 1. The van der Waals surface area contributed by atoms with Crippen LogP contribution in [0.25, 0.3) is 0 Å². The predicted octanol–water partition coefficient (Wildman–Crippen LogP) is 0.809. The SMILES string of the molecule is Cc1cc(NC(=O)CN(C)c2cc(N3CCCC3CO)ncn2)no1. The van der Waals surface area contributed by atoms with E-state index in [9.17, 15) is 9.90 Å². The Morgan fingerprint density at radius 3 is 3.04 bits per heavy atom. The Kier molecular flexibility index (Phi) is 5.13. The Labute approximate surface area is 145 Å². The molecule has 2 aromatic heterocycles. The van der Waals surface area contributed by atoms with E-state index in [-0.39, 0.29) is 25.1 Å². The van der Waals surface area contributed by atoms with Gasteiger partial charge in [0.25, 0.3) is 0 Å². The molecule has 1 saturated heterocycles. The van der Waals surface area contributed by atoms with Gasteiger partial charge in [0.05, 0.1) is 19.2 Å². The molecule has 1 fully saturated rings. The summed E-state index contributed by atoms with van der Waals surface area (Å²) < 4.78 is 4.92. The summed E-state index contributed by atoms with van der Waals surface area (Å²) in [5, 5.41) is 15.9. The highest BCUT2D eigenvalue weighted by molar-refractivity contribution is 5.93. The van der Waals surface area contributed by atoms with E-state index in [4.69, 9.17) is 4.52 Å². The summed E-state index contributed by atoms with van der Waals surface area (Å²) in [5.74, 6) is 2.21. The van der Waals surface area contributed by atoms with Crippen molar-refractivity contribution in [2.75, 3.05) is 41.9 Å². The third-order valence-corrected chi connectivity index (χ3v) is 4.19. The van der Waals surface area contributed by atoms with Crippen molar-refractivity contribution in [3.05, 3.63) is 24.2 Å². The van der Waals surface area contributed by atoms with Gasteiger partial charge in [0.1, 0.15) is 23.7 Å². The minimum absolute atomic E-state index is 0.0896. The third kappa shape index (κ3) is 4.05. The van der Waals surface area contributed by atoms with Gasteiger partial charge in [-0.1, -0.05) is 5.16 Å². The Balaban J connectivity index is 1.64. The van der Waals surface area contributed by atoms with Gasteiger partial charge in [0.15, 0.2) is 5.82 Å². The number of rotatable bonds is 6. The van der Waals surface area contributed by atoms with Gasteiger partial charge in [-0.05, 0) is 19.8 Å². The van der Waals surface area contributed by atoms with Gasteiger partial charge >= 0.3 is 0 Å². The van der Waals surface area contributed by atoms with Crippen molar-refractivity contribution in [1.82, 2.24) is 15.1 Å². The second-order valence-corrected chi connectivity index (χ2v) is 6.13. The fourth-order valence-electron chi connectivity index (χ4n) is 2.93. The molecule has 3 heterocycles. The van der Waals surface area contributed by atoms with Crippen LogP contribution >= 0.6 is 0 Å². The van der Waals surface area contributed by atoms with Crippen LogP contribution in [-0.2, 0) is 4.79 Å². The molecule has 25 heavy (non-hydrogen) atoms. The molecule has 2 aromatic rings. The van der Waals surface area contributed by atoms with Crippen molar-refractivity contribution in [3.8, 4) is 0 Å². The lowest BCUT2D eigenvalue weighted by Crippen LogP contribution is -2.34. The summed E-state index contributed by atoms with van der Waals surface area (Å²) in [5.41, 5.74) is 0. The van der Waals surface area contributed by atoms with E-state index < -0.39 is 0 Å². The lowest BCUT2D eigenvalue weighted by atomic mass is 10.2. The molecule has 2 N–H and O–H groups in total. The summed E-state index contributed by atoms with van der Waals surface area (Å²) in [7, 11) is 1.78. The number of nitrogens with zero attached hydrogens (tertiary/aromatic N) is 5. The zero-order valence-corrected chi connectivity index (χ0v) is 14.3. The number of aryl methyl sites for hydroxylation is 1. The van der Waals surface area contributed by atoms with Crippen LogP contribution in [0.2, 0.25) is 0 Å². The maximum atomic E-state index is 12.1. The molecule has 0 spiro atoms. The molecule has 0 saturated carbocycles. The average Bonchev–Trinajstić information content (AvgIpc) is 3.23. The summed E-state index contributed by atoms with van der Waals surface area (Å²) in [6.45, 7) is 2.84. The van der Waals surface area contributed by atoms with E-state index in [1.54, 1.807) is 24.9 Å². The molecule has 9 heteroatoms. The maximum absolute atomic E-state index is 12.1. The van der Waals surface area contributed by atoms with Crippen LogP contribution in [0.15, 0.2) is 23.0 Å². The molecule has 0 aromatic carbocycles. The van der Waals surface area contributed by atoms with E-state index in [0.29, 0.717) is 17.4 Å². The molecule has 1 unspecified atom stereocenters. The van der Waals surface area contributed by atoms with Crippen LogP contribution in [0.3, 0.4) is 0 Å². The second kappa shape index (κ2) is 7.47. The Morgan fingerprint density at radius 1 is 1.48 bits per heavy atom. The highest BCUT2D eigenvalue weighted by Crippen LogP contribution is 2.25. The van der Waals surface area contributed by atoms with Gasteiger partial charge < -0.3 is 24.7 Å². The standard InChI is InChI=1S/C16H22N6O3/c1-11-6-13(20-25-11)19-16(24)8-21(2)14-7-15(18-10-17-14)22-5-3-4-12(22)9-23/h6-7,10,12,23H,3-5,8-9H2,1-2H3,(H,19,20,24). The zero-order valence-electron chi connectivity index (χ0n) is 14.3. The third-order valence-electron chi connectivity index (χ3n) is 4.19.